The van der Waals surface area contributed by atoms with Crippen LogP contribution in [0, 0.1) is 0 Å². The number of hydrogen-bond donors (Lipinski definition) is 2. The van der Waals surface area contributed by atoms with Crippen molar-refractivity contribution in [1.82, 2.24) is 10.2 Å². The molecule has 41 heavy (non-hydrogen) atoms. The highest BCUT2D eigenvalue weighted by molar-refractivity contribution is 5.98. The Morgan fingerprint density at radius 1 is 0.951 bits per heavy atom. The summed E-state index contributed by atoms with van der Waals surface area (Å²) in [6.07, 6.45) is 1.58. The lowest BCUT2D eigenvalue weighted by Crippen LogP contribution is -2.47. The molecule has 2 N–H and O–H groups in total. The smallest absolute Gasteiger partial charge is 0.255 e. The van der Waals surface area contributed by atoms with E-state index in [2.05, 4.69) is 26.5 Å². The van der Waals surface area contributed by atoms with Crippen molar-refractivity contribution in [2.45, 2.75) is 26.7 Å². The number of ether oxygens (including phenoxy) is 2. The summed E-state index contributed by atoms with van der Waals surface area (Å²) in [5, 5.41) is 5.89. The van der Waals surface area contributed by atoms with Crippen molar-refractivity contribution in [3.8, 4) is 11.5 Å². The van der Waals surface area contributed by atoms with E-state index >= 15 is 0 Å². The van der Waals surface area contributed by atoms with Gasteiger partial charge in [0.15, 0.2) is 0 Å². The molecule has 3 aromatic rings. The number of para-hydroxylation sites is 3. The normalized spacial score (nSPS) is 15.1. The van der Waals surface area contributed by atoms with Gasteiger partial charge >= 0.3 is 0 Å². The van der Waals surface area contributed by atoms with Crippen molar-refractivity contribution >= 4 is 28.9 Å². The number of fused-ring (bicyclic) bond motifs is 1. The van der Waals surface area contributed by atoms with Gasteiger partial charge in [-0.25, -0.2) is 0 Å². The van der Waals surface area contributed by atoms with Gasteiger partial charge in [0.05, 0.1) is 18.4 Å². The van der Waals surface area contributed by atoms with Gasteiger partial charge in [0, 0.05) is 57.3 Å². The highest BCUT2D eigenvalue weighted by Crippen LogP contribution is 2.37. The van der Waals surface area contributed by atoms with E-state index in [4.69, 9.17) is 9.47 Å². The van der Waals surface area contributed by atoms with Crippen LogP contribution < -0.4 is 25.0 Å². The standard InChI is InChI=1S/C33H38N4O4/c1-23-22-26-8-6-9-28(32(26)41-31(23)25-12-14-27(15-13-25)35-24(2)38)33(39)34-16-7-17-36-18-20-37(21-19-36)29-10-4-5-11-30(29)40-3/h4-6,8-15H,7,16-22H2,1-3H3,(H,34,39)(H,35,38). The van der Waals surface area contributed by atoms with E-state index in [1.807, 2.05) is 67.6 Å². The first-order valence-corrected chi connectivity index (χ1v) is 14.2. The molecular weight excluding hydrogens is 516 g/mol. The van der Waals surface area contributed by atoms with Crippen LogP contribution in [0.5, 0.6) is 11.5 Å². The number of carbonyl (C=O) groups is 2. The van der Waals surface area contributed by atoms with E-state index in [1.165, 1.54) is 6.92 Å². The molecule has 2 heterocycles. The molecule has 0 unspecified atom stereocenters. The number of piperazine rings is 1. The minimum absolute atomic E-state index is 0.113. The third-order valence-electron chi connectivity index (χ3n) is 7.59. The molecule has 0 atom stereocenters. The zero-order valence-electron chi connectivity index (χ0n) is 24.0. The summed E-state index contributed by atoms with van der Waals surface area (Å²) in [5.41, 5.74) is 5.42. The Bertz CT molecular complexity index is 1430. The van der Waals surface area contributed by atoms with Gasteiger partial charge in [-0.3, -0.25) is 14.5 Å². The van der Waals surface area contributed by atoms with Crippen molar-refractivity contribution < 1.29 is 19.1 Å². The van der Waals surface area contributed by atoms with Crippen LogP contribution in [0.3, 0.4) is 0 Å². The number of amides is 2. The number of methoxy groups -OCH3 is 1. The molecule has 2 aliphatic heterocycles. The fourth-order valence-electron chi connectivity index (χ4n) is 5.50. The number of anilines is 2. The molecule has 8 nitrogen and oxygen atoms in total. The lowest BCUT2D eigenvalue weighted by Gasteiger charge is -2.36. The minimum atomic E-state index is -0.122. The number of benzene rings is 3. The second-order valence-corrected chi connectivity index (χ2v) is 10.6. The van der Waals surface area contributed by atoms with Crippen molar-refractivity contribution in [3.63, 3.8) is 0 Å². The molecule has 0 aliphatic carbocycles. The van der Waals surface area contributed by atoms with E-state index in [0.717, 1.165) is 78.7 Å². The second-order valence-electron chi connectivity index (χ2n) is 10.6. The maximum Gasteiger partial charge on any atom is 0.255 e. The van der Waals surface area contributed by atoms with Crippen LogP contribution in [0.2, 0.25) is 0 Å². The van der Waals surface area contributed by atoms with Gasteiger partial charge in [0.25, 0.3) is 5.91 Å². The minimum Gasteiger partial charge on any atom is -0.495 e. The van der Waals surface area contributed by atoms with Gasteiger partial charge in [-0.05, 0) is 73.5 Å². The molecule has 2 amide bonds. The number of nitrogens with zero attached hydrogens (tertiary/aromatic N) is 2. The van der Waals surface area contributed by atoms with Crippen LogP contribution >= 0.6 is 0 Å². The van der Waals surface area contributed by atoms with Gasteiger partial charge in [-0.1, -0.05) is 24.3 Å². The number of nitrogens with one attached hydrogen (secondary N) is 2. The fraction of sp³-hybridized carbons (Fsp3) is 0.333. The third-order valence-corrected chi connectivity index (χ3v) is 7.59. The maximum atomic E-state index is 13.2. The summed E-state index contributed by atoms with van der Waals surface area (Å²) in [6, 6.07) is 21.5. The quantitative estimate of drug-likeness (QED) is 0.364. The Kier molecular flexibility index (Phi) is 8.89. The fourth-order valence-corrected chi connectivity index (χ4v) is 5.50. The van der Waals surface area contributed by atoms with E-state index in [9.17, 15) is 9.59 Å². The highest BCUT2D eigenvalue weighted by Gasteiger charge is 2.24. The predicted molar refractivity (Wildman–Crippen MR) is 163 cm³/mol. The van der Waals surface area contributed by atoms with E-state index in [-0.39, 0.29) is 11.8 Å². The number of hydrogen-bond acceptors (Lipinski definition) is 6. The molecule has 214 valence electrons. The SMILES string of the molecule is COc1ccccc1N1CCN(CCCNC(=O)c2cccc3c2OC(c2ccc(NC(C)=O)cc2)=C(C)C3)CC1. The summed E-state index contributed by atoms with van der Waals surface area (Å²) in [4.78, 5) is 29.4. The van der Waals surface area contributed by atoms with E-state index in [0.29, 0.717) is 24.3 Å². The molecule has 0 bridgehead atoms. The monoisotopic (exact) mass is 554 g/mol. The molecule has 0 saturated carbocycles. The molecular formula is C33H38N4O4. The molecule has 8 heteroatoms. The number of carbonyl (C=O) groups excluding carboxylic acids is 2. The largest absolute Gasteiger partial charge is 0.495 e. The Hall–Kier alpha value is -4.30. The average molecular weight is 555 g/mol. The van der Waals surface area contributed by atoms with Crippen molar-refractivity contribution in [1.29, 1.82) is 0 Å². The lowest BCUT2D eigenvalue weighted by molar-refractivity contribution is -0.114. The van der Waals surface area contributed by atoms with Crippen LogP contribution in [0.15, 0.2) is 72.3 Å². The molecule has 0 spiro atoms. The first-order chi connectivity index (χ1) is 19.9. The molecule has 1 saturated heterocycles. The average Bonchev–Trinajstić information content (AvgIpc) is 2.99. The summed E-state index contributed by atoms with van der Waals surface area (Å²) in [6.45, 7) is 8.92. The van der Waals surface area contributed by atoms with Gasteiger partial charge in [0.1, 0.15) is 17.3 Å². The Morgan fingerprint density at radius 2 is 1.71 bits per heavy atom. The molecule has 0 radical (unpaired) electrons. The molecule has 5 rings (SSSR count). The highest BCUT2D eigenvalue weighted by atomic mass is 16.5. The topological polar surface area (TPSA) is 83.1 Å². The van der Waals surface area contributed by atoms with Crippen LogP contribution in [0.25, 0.3) is 5.76 Å². The Morgan fingerprint density at radius 3 is 2.44 bits per heavy atom. The van der Waals surface area contributed by atoms with Crippen LogP contribution in [-0.2, 0) is 11.2 Å². The van der Waals surface area contributed by atoms with Crippen LogP contribution in [0.1, 0.15) is 41.8 Å². The number of rotatable bonds is 9. The zero-order valence-corrected chi connectivity index (χ0v) is 24.0. The summed E-state index contributed by atoms with van der Waals surface area (Å²) >= 11 is 0. The molecule has 2 aliphatic rings. The van der Waals surface area contributed by atoms with E-state index in [1.54, 1.807) is 7.11 Å². The van der Waals surface area contributed by atoms with Gasteiger partial charge in [-0.15, -0.1) is 0 Å². The first-order valence-electron chi connectivity index (χ1n) is 14.2. The summed E-state index contributed by atoms with van der Waals surface area (Å²) in [7, 11) is 1.71. The second kappa shape index (κ2) is 12.9. The Labute approximate surface area is 241 Å². The van der Waals surface area contributed by atoms with Gasteiger partial charge < -0.3 is 25.0 Å². The predicted octanol–water partition coefficient (Wildman–Crippen LogP) is 4.96. The first kappa shape index (κ1) is 28.2. The third kappa shape index (κ3) is 6.72. The maximum absolute atomic E-state index is 13.2. The molecule has 0 aromatic heterocycles. The van der Waals surface area contributed by atoms with E-state index < -0.39 is 0 Å². The van der Waals surface area contributed by atoms with Crippen molar-refractivity contribution in [3.05, 3.63) is 89.0 Å². The molecule has 1 fully saturated rings. The molecule has 3 aromatic carbocycles. The lowest BCUT2D eigenvalue weighted by atomic mass is 9.96. The van der Waals surface area contributed by atoms with Gasteiger partial charge in [-0.2, -0.15) is 0 Å². The zero-order chi connectivity index (χ0) is 28.8. The van der Waals surface area contributed by atoms with Crippen LogP contribution in [-0.4, -0.2) is 63.1 Å². The Balaban J connectivity index is 1.13. The number of allylic oxidation sites excluding steroid dienone is 1. The summed E-state index contributed by atoms with van der Waals surface area (Å²) in [5.74, 6) is 2.04. The van der Waals surface area contributed by atoms with Crippen LogP contribution in [0.4, 0.5) is 11.4 Å². The van der Waals surface area contributed by atoms with Gasteiger partial charge in [0.2, 0.25) is 5.91 Å². The van der Waals surface area contributed by atoms with Crippen molar-refractivity contribution in [2.75, 3.05) is 56.6 Å². The summed E-state index contributed by atoms with van der Waals surface area (Å²) < 4.78 is 11.9. The van der Waals surface area contributed by atoms with Crippen molar-refractivity contribution in [2.24, 2.45) is 0 Å².